The van der Waals surface area contributed by atoms with E-state index in [1.807, 2.05) is 36.4 Å². The number of rotatable bonds is 3. The molecule has 0 radical (unpaired) electrons. The van der Waals surface area contributed by atoms with Crippen LogP contribution in [0.15, 0.2) is 48.8 Å². The van der Waals surface area contributed by atoms with Crippen LogP contribution in [0.25, 0.3) is 21.9 Å². The maximum absolute atomic E-state index is 12.9. The number of imide groups is 1. The third-order valence-corrected chi connectivity index (χ3v) is 4.74. The molecule has 5 heteroatoms. The van der Waals surface area contributed by atoms with E-state index in [9.17, 15) is 14.4 Å². The second-order valence-electron chi connectivity index (χ2n) is 6.44. The Balaban J connectivity index is 2.21. The van der Waals surface area contributed by atoms with Crippen LogP contribution >= 0.6 is 0 Å². The highest BCUT2D eigenvalue weighted by Crippen LogP contribution is 2.41. The average Bonchev–Trinajstić information content (AvgIpc) is 2.87. The molecule has 26 heavy (non-hydrogen) atoms. The molecule has 0 fully saturated rings. The third kappa shape index (κ3) is 2.24. The quantitative estimate of drug-likeness (QED) is 0.684. The molecule has 2 amide bonds. The Morgan fingerprint density at radius 2 is 1.65 bits per heavy atom. The van der Waals surface area contributed by atoms with E-state index < -0.39 is 0 Å². The summed E-state index contributed by atoms with van der Waals surface area (Å²) in [4.78, 5) is 42.8. The minimum atomic E-state index is -0.371. The number of carbonyl (C=O) groups excluding carboxylic acids is 3. The summed E-state index contributed by atoms with van der Waals surface area (Å²) in [5, 5.41) is 1.55. The predicted octanol–water partition coefficient (Wildman–Crippen LogP) is 3.26. The van der Waals surface area contributed by atoms with Crippen LogP contribution in [-0.2, 0) is 11.2 Å². The molecule has 0 spiro atoms. The van der Waals surface area contributed by atoms with Gasteiger partial charge >= 0.3 is 0 Å². The number of aromatic nitrogens is 1. The molecule has 1 aromatic heterocycles. The summed E-state index contributed by atoms with van der Waals surface area (Å²) in [7, 11) is 1.47. The van der Waals surface area contributed by atoms with Gasteiger partial charge in [-0.25, -0.2) is 0 Å². The molecule has 0 unspecified atom stereocenters. The van der Waals surface area contributed by atoms with Crippen LogP contribution in [0.4, 0.5) is 0 Å². The normalized spacial score (nSPS) is 13.4. The molecule has 1 aliphatic rings. The highest BCUT2D eigenvalue weighted by molar-refractivity contribution is 6.28. The summed E-state index contributed by atoms with van der Waals surface area (Å²) >= 11 is 0. The fourth-order valence-corrected chi connectivity index (χ4v) is 3.61. The van der Waals surface area contributed by atoms with E-state index in [-0.39, 0.29) is 24.0 Å². The van der Waals surface area contributed by atoms with Gasteiger partial charge in [0.05, 0.1) is 11.1 Å². The molecule has 0 aliphatic carbocycles. The van der Waals surface area contributed by atoms with E-state index in [4.69, 9.17) is 0 Å². The van der Waals surface area contributed by atoms with Crippen molar-refractivity contribution in [2.24, 2.45) is 0 Å². The monoisotopic (exact) mass is 344 g/mol. The Kier molecular flexibility index (Phi) is 3.65. The van der Waals surface area contributed by atoms with Gasteiger partial charge in [0.25, 0.3) is 11.8 Å². The van der Waals surface area contributed by atoms with Crippen molar-refractivity contribution in [1.29, 1.82) is 0 Å². The van der Waals surface area contributed by atoms with Crippen molar-refractivity contribution in [2.45, 2.75) is 13.3 Å². The van der Waals surface area contributed by atoms with Crippen molar-refractivity contribution < 1.29 is 14.4 Å². The molecule has 0 saturated heterocycles. The first kappa shape index (κ1) is 16.1. The zero-order valence-electron chi connectivity index (χ0n) is 14.4. The number of hydrogen-bond acceptors (Lipinski definition) is 4. The van der Waals surface area contributed by atoms with E-state index >= 15 is 0 Å². The maximum atomic E-state index is 12.9. The molecular weight excluding hydrogens is 328 g/mol. The maximum Gasteiger partial charge on any atom is 0.261 e. The summed E-state index contributed by atoms with van der Waals surface area (Å²) in [5.74, 6) is -0.781. The number of fused-ring (bicyclic) bond motifs is 2. The molecule has 1 aliphatic heterocycles. The number of pyridine rings is 1. The van der Waals surface area contributed by atoms with Crippen molar-refractivity contribution in [1.82, 2.24) is 9.88 Å². The number of hydrogen-bond donors (Lipinski definition) is 0. The van der Waals surface area contributed by atoms with Gasteiger partial charge in [-0.3, -0.25) is 24.3 Å². The van der Waals surface area contributed by atoms with Gasteiger partial charge in [-0.1, -0.05) is 30.3 Å². The summed E-state index contributed by atoms with van der Waals surface area (Å²) in [6, 6.07) is 11.3. The minimum Gasteiger partial charge on any atom is -0.300 e. The fourth-order valence-electron chi connectivity index (χ4n) is 3.61. The Labute approximate surface area is 150 Å². The first-order valence-electron chi connectivity index (χ1n) is 8.30. The van der Waals surface area contributed by atoms with Gasteiger partial charge in [-0.2, -0.15) is 0 Å². The molecule has 2 heterocycles. The average molecular weight is 344 g/mol. The minimum absolute atomic E-state index is 0.0698. The van der Waals surface area contributed by atoms with Gasteiger partial charge in [-0.05, 0) is 29.5 Å². The number of Topliss-reactive ketones (excluding diaryl/α,β-unsaturated/α-hetero) is 1. The van der Waals surface area contributed by atoms with Gasteiger partial charge < -0.3 is 0 Å². The van der Waals surface area contributed by atoms with Crippen molar-refractivity contribution in [3.8, 4) is 11.1 Å². The molecule has 4 rings (SSSR count). The first-order chi connectivity index (χ1) is 12.5. The number of ketones is 1. The van der Waals surface area contributed by atoms with Crippen molar-refractivity contribution in [2.75, 3.05) is 7.05 Å². The Hall–Kier alpha value is -3.34. The standard InChI is InChI=1S/C21H16N2O3/c1-12(24)10-15-16-11-22-9-8-14(16)17(13-6-4-3-5-7-13)19-18(15)20(25)23(2)21(19)26/h3-9,11H,10H2,1-2H3. The Morgan fingerprint density at radius 1 is 0.962 bits per heavy atom. The Bertz CT molecular complexity index is 1090. The van der Waals surface area contributed by atoms with Crippen molar-refractivity contribution in [3.63, 3.8) is 0 Å². The molecule has 0 bridgehead atoms. The lowest BCUT2D eigenvalue weighted by Gasteiger charge is -2.15. The van der Waals surface area contributed by atoms with E-state index in [0.717, 1.165) is 21.2 Å². The van der Waals surface area contributed by atoms with Gasteiger partial charge in [0.1, 0.15) is 5.78 Å². The molecule has 128 valence electrons. The highest BCUT2D eigenvalue weighted by atomic mass is 16.2. The number of nitrogens with zero attached hydrogens (tertiary/aromatic N) is 2. The molecule has 2 aromatic carbocycles. The van der Waals surface area contributed by atoms with E-state index in [0.29, 0.717) is 22.3 Å². The highest BCUT2D eigenvalue weighted by Gasteiger charge is 2.39. The summed E-state index contributed by atoms with van der Waals surface area (Å²) in [6.07, 6.45) is 3.41. The van der Waals surface area contributed by atoms with Gasteiger partial charge in [0, 0.05) is 36.8 Å². The topological polar surface area (TPSA) is 67.3 Å². The van der Waals surface area contributed by atoms with Crippen molar-refractivity contribution >= 4 is 28.4 Å². The zero-order valence-corrected chi connectivity index (χ0v) is 14.4. The summed E-state index contributed by atoms with van der Waals surface area (Å²) < 4.78 is 0. The zero-order chi connectivity index (χ0) is 18.4. The van der Waals surface area contributed by atoms with Crippen LogP contribution in [0.1, 0.15) is 33.2 Å². The third-order valence-electron chi connectivity index (χ3n) is 4.74. The largest absolute Gasteiger partial charge is 0.300 e. The van der Waals surface area contributed by atoms with Gasteiger partial charge in [0.2, 0.25) is 0 Å². The lowest BCUT2D eigenvalue weighted by Crippen LogP contribution is -2.24. The van der Waals surface area contributed by atoms with Crippen LogP contribution in [0.2, 0.25) is 0 Å². The van der Waals surface area contributed by atoms with E-state index in [1.165, 1.54) is 14.0 Å². The predicted molar refractivity (Wildman–Crippen MR) is 98.0 cm³/mol. The number of amides is 2. The molecule has 0 atom stereocenters. The second-order valence-corrected chi connectivity index (χ2v) is 6.44. The lowest BCUT2D eigenvalue weighted by molar-refractivity contribution is -0.116. The Morgan fingerprint density at radius 3 is 2.35 bits per heavy atom. The second kappa shape index (κ2) is 5.88. The molecule has 5 nitrogen and oxygen atoms in total. The van der Waals surface area contributed by atoms with Crippen molar-refractivity contribution in [3.05, 3.63) is 65.5 Å². The molecule has 3 aromatic rings. The smallest absolute Gasteiger partial charge is 0.261 e. The van der Waals surface area contributed by atoms with Crippen LogP contribution in [-0.4, -0.2) is 34.5 Å². The molecule has 0 N–H and O–H groups in total. The first-order valence-corrected chi connectivity index (χ1v) is 8.30. The van der Waals surface area contributed by atoms with Crippen LogP contribution in [0.5, 0.6) is 0 Å². The SMILES string of the molecule is CC(=O)Cc1c2c(c(-c3ccccc3)c3ccncc13)C(=O)N(C)C2=O. The van der Waals surface area contributed by atoms with Crippen LogP contribution in [0.3, 0.4) is 0 Å². The number of carbonyl (C=O) groups is 3. The fraction of sp³-hybridized carbons (Fsp3) is 0.143. The van der Waals surface area contributed by atoms with Crippen LogP contribution in [0, 0.1) is 0 Å². The lowest BCUT2D eigenvalue weighted by atomic mass is 9.86. The molecular formula is C21H16N2O3. The molecule has 0 saturated carbocycles. The van der Waals surface area contributed by atoms with Crippen LogP contribution < -0.4 is 0 Å². The summed E-state index contributed by atoms with van der Waals surface area (Å²) in [6.45, 7) is 1.48. The van der Waals surface area contributed by atoms with E-state index in [1.54, 1.807) is 12.4 Å². The summed E-state index contributed by atoms with van der Waals surface area (Å²) in [5.41, 5.74) is 2.85. The van der Waals surface area contributed by atoms with Gasteiger partial charge in [0.15, 0.2) is 0 Å². The van der Waals surface area contributed by atoms with Gasteiger partial charge in [-0.15, -0.1) is 0 Å². The number of benzene rings is 2. The van der Waals surface area contributed by atoms with E-state index in [2.05, 4.69) is 4.98 Å².